The zero-order valence-electron chi connectivity index (χ0n) is 16.0. The molecule has 0 aliphatic heterocycles. The Balaban J connectivity index is 0.00000529. The third-order valence-electron chi connectivity index (χ3n) is 3.47. The quantitative estimate of drug-likeness (QED) is 0.344. The van der Waals surface area contributed by atoms with Crippen LogP contribution in [0.15, 0.2) is 10.4 Å². The van der Waals surface area contributed by atoms with E-state index in [1.807, 2.05) is 11.8 Å². The Morgan fingerprint density at radius 3 is 2.42 bits per heavy atom. The molecule has 0 bridgehead atoms. The van der Waals surface area contributed by atoms with Crippen molar-refractivity contribution in [1.29, 1.82) is 0 Å². The van der Waals surface area contributed by atoms with Gasteiger partial charge in [0.1, 0.15) is 0 Å². The fourth-order valence-corrected chi connectivity index (χ4v) is 2.95. The molecule has 0 aliphatic carbocycles. The Hall–Kier alpha value is -0.0200. The van der Waals surface area contributed by atoms with Gasteiger partial charge in [-0.2, -0.15) is 11.8 Å². The molecule has 2 N–H and O–H groups in total. The van der Waals surface area contributed by atoms with Gasteiger partial charge >= 0.3 is 0 Å². The Kier molecular flexibility index (Phi) is 10.8. The molecule has 7 heteroatoms. The van der Waals surface area contributed by atoms with Crippen LogP contribution in [0, 0.1) is 0 Å². The molecule has 0 radical (unpaired) electrons. The average Bonchev–Trinajstić information content (AvgIpc) is 2.94. The number of hydrogen-bond donors (Lipinski definition) is 2. The number of aromatic nitrogens is 1. The lowest BCUT2D eigenvalue weighted by Crippen LogP contribution is -2.39. The van der Waals surface area contributed by atoms with E-state index in [1.54, 1.807) is 11.3 Å². The molecule has 1 rings (SSSR count). The molecule has 24 heavy (non-hydrogen) atoms. The van der Waals surface area contributed by atoms with Crippen LogP contribution in [-0.2, 0) is 11.8 Å². The van der Waals surface area contributed by atoms with Crippen molar-refractivity contribution in [3.05, 3.63) is 16.1 Å². The molecule has 1 aromatic heterocycles. The van der Waals surface area contributed by atoms with Crippen molar-refractivity contribution < 1.29 is 0 Å². The van der Waals surface area contributed by atoms with Crippen LogP contribution in [-0.4, -0.2) is 41.6 Å². The molecule has 4 nitrogen and oxygen atoms in total. The van der Waals surface area contributed by atoms with Gasteiger partial charge in [0.15, 0.2) is 5.96 Å². The lowest BCUT2D eigenvalue weighted by Gasteiger charge is -2.20. The van der Waals surface area contributed by atoms with Gasteiger partial charge in [0.25, 0.3) is 0 Å². The highest BCUT2D eigenvalue weighted by atomic mass is 127. The van der Waals surface area contributed by atoms with E-state index in [1.165, 1.54) is 10.7 Å². The second kappa shape index (κ2) is 10.9. The van der Waals surface area contributed by atoms with Crippen LogP contribution in [0.5, 0.6) is 0 Å². The summed E-state index contributed by atoms with van der Waals surface area (Å²) in [4.78, 5) is 9.43. The zero-order valence-corrected chi connectivity index (χ0v) is 20.0. The third-order valence-corrected chi connectivity index (χ3v) is 5.61. The van der Waals surface area contributed by atoms with Crippen LogP contribution in [0.3, 0.4) is 0 Å². The molecule has 0 aliphatic rings. The molecule has 140 valence electrons. The Morgan fingerprint density at radius 2 is 1.92 bits per heavy atom. The lowest BCUT2D eigenvalue weighted by atomic mass is 9.93. The first-order chi connectivity index (χ1) is 10.7. The Labute approximate surface area is 173 Å². The maximum absolute atomic E-state index is 4.74. The SMILES string of the molecule is CCNC(=NCC(C)(C)SC)NCCc1nc(C(C)(C)C)cs1.I. The molecule has 0 aromatic carbocycles. The number of hydrogen-bond acceptors (Lipinski definition) is 4. The van der Waals surface area contributed by atoms with Crippen molar-refractivity contribution in [3.8, 4) is 0 Å². The van der Waals surface area contributed by atoms with Gasteiger partial charge in [-0.3, -0.25) is 4.99 Å². The standard InChI is InChI=1S/C17H32N4S2.HI/c1-8-18-15(20-12-17(5,6)22-7)19-10-9-14-21-13(11-23-14)16(2,3)4;/h11H,8-10,12H2,1-7H3,(H2,18,19,20);1H. The third kappa shape index (κ3) is 8.89. The minimum atomic E-state index is 0. The van der Waals surface area contributed by atoms with E-state index in [2.05, 4.69) is 68.8 Å². The number of nitrogens with one attached hydrogen (secondary N) is 2. The number of thiazole rings is 1. The summed E-state index contributed by atoms with van der Waals surface area (Å²) >= 11 is 3.59. The summed E-state index contributed by atoms with van der Waals surface area (Å²) in [7, 11) is 0. The number of halogens is 1. The molecule has 0 atom stereocenters. The van der Waals surface area contributed by atoms with E-state index in [0.29, 0.717) is 0 Å². The summed E-state index contributed by atoms with van der Waals surface area (Å²) in [5.41, 5.74) is 1.31. The molecular formula is C17H33IN4S2. The highest BCUT2D eigenvalue weighted by molar-refractivity contribution is 14.0. The summed E-state index contributed by atoms with van der Waals surface area (Å²) in [5, 5.41) is 10.1. The predicted molar refractivity (Wildman–Crippen MR) is 122 cm³/mol. The normalized spacial score (nSPS) is 12.7. The van der Waals surface area contributed by atoms with E-state index >= 15 is 0 Å². The van der Waals surface area contributed by atoms with Crippen molar-refractivity contribution in [2.75, 3.05) is 25.9 Å². The topological polar surface area (TPSA) is 49.3 Å². The summed E-state index contributed by atoms with van der Waals surface area (Å²) in [5.74, 6) is 0.891. The first-order valence-corrected chi connectivity index (χ1v) is 10.3. The first kappa shape index (κ1) is 24.0. The molecule has 0 saturated carbocycles. The smallest absolute Gasteiger partial charge is 0.191 e. The maximum Gasteiger partial charge on any atom is 0.191 e. The second-order valence-electron chi connectivity index (χ2n) is 7.21. The van der Waals surface area contributed by atoms with E-state index in [4.69, 9.17) is 4.98 Å². The first-order valence-electron chi connectivity index (χ1n) is 8.20. The van der Waals surface area contributed by atoms with Gasteiger partial charge in [-0.05, 0) is 27.0 Å². The number of nitrogens with zero attached hydrogens (tertiary/aromatic N) is 2. The number of rotatable bonds is 7. The molecule has 1 aromatic rings. The van der Waals surface area contributed by atoms with E-state index in [-0.39, 0.29) is 34.1 Å². The van der Waals surface area contributed by atoms with Crippen molar-refractivity contribution in [3.63, 3.8) is 0 Å². The van der Waals surface area contributed by atoms with Gasteiger partial charge in [-0.25, -0.2) is 4.98 Å². The number of aliphatic imine (C=N–C) groups is 1. The van der Waals surface area contributed by atoms with E-state index < -0.39 is 0 Å². The zero-order chi connectivity index (χ0) is 17.5. The molecule has 0 amide bonds. The van der Waals surface area contributed by atoms with Crippen molar-refractivity contribution >= 4 is 53.0 Å². The monoisotopic (exact) mass is 484 g/mol. The summed E-state index contributed by atoms with van der Waals surface area (Å²) in [6.07, 6.45) is 3.06. The molecule has 0 unspecified atom stereocenters. The molecular weight excluding hydrogens is 451 g/mol. The highest BCUT2D eigenvalue weighted by Gasteiger charge is 2.17. The average molecular weight is 485 g/mol. The fraction of sp³-hybridized carbons (Fsp3) is 0.765. The maximum atomic E-state index is 4.74. The molecule has 0 saturated heterocycles. The van der Waals surface area contributed by atoms with Gasteiger partial charge in [0.05, 0.1) is 17.2 Å². The van der Waals surface area contributed by atoms with Gasteiger partial charge < -0.3 is 10.6 Å². The van der Waals surface area contributed by atoms with Gasteiger partial charge in [-0.1, -0.05) is 20.8 Å². The Morgan fingerprint density at radius 1 is 1.25 bits per heavy atom. The van der Waals surface area contributed by atoms with Crippen LogP contribution >= 0.6 is 47.1 Å². The second-order valence-corrected chi connectivity index (χ2v) is 9.67. The van der Waals surface area contributed by atoms with Gasteiger partial charge in [0, 0.05) is 35.1 Å². The van der Waals surface area contributed by atoms with Gasteiger partial charge in [-0.15, -0.1) is 35.3 Å². The van der Waals surface area contributed by atoms with Crippen molar-refractivity contribution in [1.82, 2.24) is 15.6 Å². The minimum Gasteiger partial charge on any atom is -0.357 e. The molecule has 1 heterocycles. The van der Waals surface area contributed by atoms with Gasteiger partial charge in [0.2, 0.25) is 0 Å². The van der Waals surface area contributed by atoms with Crippen molar-refractivity contribution in [2.45, 2.75) is 58.1 Å². The minimum absolute atomic E-state index is 0. The predicted octanol–water partition coefficient (Wildman–Crippen LogP) is 4.30. The highest BCUT2D eigenvalue weighted by Crippen LogP contribution is 2.24. The molecule has 0 fully saturated rings. The summed E-state index contributed by atoms with van der Waals surface area (Å²) in [6, 6.07) is 0. The number of thioether (sulfide) groups is 1. The Bertz CT molecular complexity index is 507. The molecule has 0 spiro atoms. The fourth-order valence-electron chi connectivity index (χ4n) is 1.73. The van der Waals surface area contributed by atoms with Crippen LogP contribution < -0.4 is 10.6 Å². The van der Waals surface area contributed by atoms with Crippen LogP contribution in [0.4, 0.5) is 0 Å². The van der Waals surface area contributed by atoms with Crippen molar-refractivity contribution in [2.24, 2.45) is 4.99 Å². The van der Waals surface area contributed by atoms with Crippen LogP contribution in [0.2, 0.25) is 0 Å². The lowest BCUT2D eigenvalue weighted by molar-refractivity contribution is 0.570. The van der Waals surface area contributed by atoms with Crippen LogP contribution in [0.1, 0.15) is 52.2 Å². The van der Waals surface area contributed by atoms with E-state index in [0.717, 1.165) is 32.0 Å². The number of guanidine groups is 1. The summed E-state index contributed by atoms with van der Waals surface area (Å²) < 4.78 is 0.166. The summed E-state index contributed by atoms with van der Waals surface area (Å²) in [6.45, 7) is 15.7. The van der Waals surface area contributed by atoms with Crippen LogP contribution in [0.25, 0.3) is 0 Å². The van der Waals surface area contributed by atoms with E-state index in [9.17, 15) is 0 Å². The largest absolute Gasteiger partial charge is 0.357 e.